The molecular formula is C21H28N4O3. The molecule has 2 aromatic rings. The van der Waals surface area contributed by atoms with Crippen LogP contribution in [0.2, 0.25) is 0 Å². The lowest BCUT2D eigenvalue weighted by atomic mass is 10.2. The second-order valence-corrected chi connectivity index (χ2v) is 6.73. The molecule has 1 amide bonds. The number of hydrogen-bond donors (Lipinski definition) is 1. The number of methoxy groups -OCH3 is 2. The Morgan fingerprint density at radius 2 is 1.82 bits per heavy atom. The summed E-state index contributed by atoms with van der Waals surface area (Å²) in [6.07, 6.45) is 3.43. The van der Waals surface area contributed by atoms with Crippen LogP contribution in [0.25, 0.3) is 0 Å². The predicted molar refractivity (Wildman–Crippen MR) is 109 cm³/mol. The van der Waals surface area contributed by atoms with E-state index in [0.29, 0.717) is 23.6 Å². The van der Waals surface area contributed by atoms with Gasteiger partial charge >= 0.3 is 0 Å². The van der Waals surface area contributed by atoms with E-state index in [1.165, 1.54) is 0 Å². The van der Waals surface area contributed by atoms with E-state index < -0.39 is 0 Å². The van der Waals surface area contributed by atoms with E-state index in [0.717, 1.165) is 44.0 Å². The molecule has 0 atom stereocenters. The van der Waals surface area contributed by atoms with Crippen molar-refractivity contribution in [2.45, 2.75) is 13.5 Å². The first kappa shape index (κ1) is 19.9. The van der Waals surface area contributed by atoms with Gasteiger partial charge in [0, 0.05) is 38.9 Å². The third-order valence-corrected chi connectivity index (χ3v) is 5.07. The molecule has 1 saturated heterocycles. The van der Waals surface area contributed by atoms with Crippen molar-refractivity contribution in [2.24, 2.45) is 0 Å². The van der Waals surface area contributed by atoms with Gasteiger partial charge < -0.3 is 24.6 Å². The van der Waals surface area contributed by atoms with Crippen molar-refractivity contribution in [1.82, 2.24) is 15.2 Å². The van der Waals surface area contributed by atoms with Crippen LogP contribution in [0.5, 0.6) is 11.5 Å². The van der Waals surface area contributed by atoms with Crippen LogP contribution in [0.4, 0.5) is 5.69 Å². The van der Waals surface area contributed by atoms with Gasteiger partial charge in [0.05, 0.1) is 31.7 Å². The number of aromatic nitrogens is 1. The molecule has 2 heterocycles. The molecule has 3 rings (SSSR count). The molecule has 0 bridgehead atoms. The first-order valence-electron chi connectivity index (χ1n) is 9.56. The first-order chi connectivity index (χ1) is 13.6. The number of carbonyl (C=O) groups excluding carboxylic acids is 1. The summed E-state index contributed by atoms with van der Waals surface area (Å²) in [5.74, 6) is 1.16. The molecule has 7 nitrogen and oxygen atoms in total. The summed E-state index contributed by atoms with van der Waals surface area (Å²) < 4.78 is 10.6. The third-order valence-electron chi connectivity index (χ3n) is 5.07. The Morgan fingerprint density at radius 3 is 2.50 bits per heavy atom. The molecule has 1 aromatic carbocycles. The van der Waals surface area contributed by atoms with Gasteiger partial charge in [0.15, 0.2) is 11.5 Å². The van der Waals surface area contributed by atoms with Crippen LogP contribution >= 0.6 is 0 Å². The van der Waals surface area contributed by atoms with Crippen LogP contribution in [0, 0.1) is 0 Å². The molecule has 150 valence electrons. The number of nitrogens with zero attached hydrogens (tertiary/aromatic N) is 3. The Kier molecular flexibility index (Phi) is 6.71. The fraction of sp³-hybridized carbons (Fsp3) is 0.429. The lowest BCUT2D eigenvalue weighted by Crippen LogP contribution is -2.46. The number of piperazine rings is 1. The minimum Gasteiger partial charge on any atom is -0.493 e. The van der Waals surface area contributed by atoms with E-state index in [1.54, 1.807) is 20.4 Å². The van der Waals surface area contributed by atoms with Crippen molar-refractivity contribution >= 4 is 11.6 Å². The summed E-state index contributed by atoms with van der Waals surface area (Å²) >= 11 is 0. The van der Waals surface area contributed by atoms with Crippen molar-refractivity contribution in [3.8, 4) is 11.5 Å². The molecule has 7 heteroatoms. The highest BCUT2D eigenvalue weighted by molar-refractivity contribution is 5.94. The highest BCUT2D eigenvalue weighted by atomic mass is 16.5. The van der Waals surface area contributed by atoms with Crippen molar-refractivity contribution in [2.75, 3.05) is 51.8 Å². The number of nitrogens with one attached hydrogen (secondary N) is 1. The van der Waals surface area contributed by atoms with Crippen LogP contribution in [0.3, 0.4) is 0 Å². The Hall–Kier alpha value is -2.80. The molecule has 1 aliphatic rings. The summed E-state index contributed by atoms with van der Waals surface area (Å²) in [7, 11) is 3.19. The normalized spacial score (nSPS) is 14.6. The number of anilines is 1. The molecule has 28 heavy (non-hydrogen) atoms. The van der Waals surface area contributed by atoms with Crippen molar-refractivity contribution in [1.29, 1.82) is 0 Å². The number of benzene rings is 1. The number of rotatable bonds is 7. The minimum absolute atomic E-state index is 0.142. The number of pyridine rings is 1. The van der Waals surface area contributed by atoms with E-state index in [4.69, 9.17) is 9.47 Å². The van der Waals surface area contributed by atoms with Gasteiger partial charge in [-0.25, -0.2) is 0 Å². The summed E-state index contributed by atoms with van der Waals surface area (Å²) in [4.78, 5) is 21.6. The monoisotopic (exact) mass is 384 g/mol. The van der Waals surface area contributed by atoms with E-state index in [2.05, 4.69) is 27.0 Å². The molecule has 0 aliphatic carbocycles. The quantitative estimate of drug-likeness (QED) is 0.789. The van der Waals surface area contributed by atoms with Gasteiger partial charge in [-0.2, -0.15) is 0 Å². The van der Waals surface area contributed by atoms with Crippen LogP contribution in [-0.4, -0.2) is 62.7 Å². The molecule has 1 aromatic heterocycles. The van der Waals surface area contributed by atoms with E-state index in [9.17, 15) is 4.79 Å². The number of carbonyl (C=O) groups is 1. The first-order valence-corrected chi connectivity index (χ1v) is 9.56. The van der Waals surface area contributed by atoms with E-state index >= 15 is 0 Å². The summed E-state index contributed by atoms with van der Waals surface area (Å²) in [6, 6.07) is 7.52. The highest BCUT2D eigenvalue weighted by Gasteiger charge is 2.17. The second kappa shape index (κ2) is 9.41. The SMILES string of the molecule is CCN1CCN(c2cncc(C(=O)NCc3ccc(OC)c(OC)c3)c2)CC1. The largest absolute Gasteiger partial charge is 0.493 e. The van der Waals surface area contributed by atoms with E-state index in [-0.39, 0.29) is 5.91 Å². The van der Waals surface area contributed by atoms with Gasteiger partial charge in [0.1, 0.15) is 0 Å². The number of hydrogen-bond acceptors (Lipinski definition) is 6. The number of amides is 1. The molecule has 1 fully saturated rings. The Balaban J connectivity index is 1.62. The van der Waals surface area contributed by atoms with Crippen LogP contribution in [0.15, 0.2) is 36.7 Å². The maximum Gasteiger partial charge on any atom is 0.253 e. The lowest BCUT2D eigenvalue weighted by Gasteiger charge is -2.35. The Morgan fingerprint density at radius 1 is 1.07 bits per heavy atom. The summed E-state index contributed by atoms with van der Waals surface area (Å²) in [5, 5.41) is 2.95. The van der Waals surface area contributed by atoms with Gasteiger partial charge in [0.25, 0.3) is 5.91 Å². The zero-order chi connectivity index (χ0) is 19.9. The van der Waals surface area contributed by atoms with Crippen LogP contribution < -0.4 is 19.7 Å². The van der Waals surface area contributed by atoms with Gasteiger partial charge in [-0.15, -0.1) is 0 Å². The van der Waals surface area contributed by atoms with Gasteiger partial charge in [-0.05, 0) is 30.3 Å². The number of ether oxygens (including phenoxy) is 2. The number of likely N-dealkylation sites (N-methyl/N-ethyl adjacent to an activating group) is 1. The minimum atomic E-state index is -0.142. The maximum absolute atomic E-state index is 12.6. The van der Waals surface area contributed by atoms with Crippen molar-refractivity contribution in [3.63, 3.8) is 0 Å². The Labute approximate surface area is 166 Å². The molecule has 0 spiro atoms. The molecule has 0 unspecified atom stereocenters. The van der Waals surface area contributed by atoms with Crippen molar-refractivity contribution < 1.29 is 14.3 Å². The second-order valence-electron chi connectivity index (χ2n) is 6.73. The molecule has 0 radical (unpaired) electrons. The zero-order valence-corrected chi connectivity index (χ0v) is 16.8. The summed E-state index contributed by atoms with van der Waals surface area (Å²) in [5.41, 5.74) is 2.50. The average molecular weight is 384 g/mol. The lowest BCUT2D eigenvalue weighted by molar-refractivity contribution is 0.0950. The standard InChI is InChI=1S/C21H28N4O3/c1-4-24-7-9-25(10-8-24)18-12-17(14-22-15-18)21(26)23-13-16-5-6-19(27-2)20(11-16)28-3/h5-6,11-12,14-15H,4,7-10,13H2,1-3H3,(H,23,26). The van der Waals surface area contributed by atoms with Crippen molar-refractivity contribution in [3.05, 3.63) is 47.8 Å². The zero-order valence-electron chi connectivity index (χ0n) is 16.8. The fourth-order valence-corrected chi connectivity index (χ4v) is 3.32. The fourth-order valence-electron chi connectivity index (χ4n) is 3.32. The van der Waals surface area contributed by atoms with Gasteiger partial charge in [0.2, 0.25) is 0 Å². The van der Waals surface area contributed by atoms with Gasteiger partial charge in [-0.1, -0.05) is 13.0 Å². The Bertz CT molecular complexity index is 804. The predicted octanol–water partition coefficient (Wildman–Crippen LogP) is 2.17. The van der Waals surface area contributed by atoms with Gasteiger partial charge in [-0.3, -0.25) is 9.78 Å². The molecular weight excluding hydrogens is 356 g/mol. The van der Waals surface area contributed by atoms with Crippen LogP contribution in [-0.2, 0) is 6.54 Å². The topological polar surface area (TPSA) is 66.9 Å². The molecule has 1 aliphatic heterocycles. The maximum atomic E-state index is 12.6. The molecule has 0 saturated carbocycles. The van der Waals surface area contributed by atoms with E-state index in [1.807, 2.05) is 30.5 Å². The average Bonchev–Trinajstić information content (AvgIpc) is 2.77. The van der Waals surface area contributed by atoms with Crippen LogP contribution in [0.1, 0.15) is 22.8 Å². The smallest absolute Gasteiger partial charge is 0.253 e. The highest BCUT2D eigenvalue weighted by Crippen LogP contribution is 2.27. The third kappa shape index (κ3) is 4.72. The molecule has 1 N–H and O–H groups in total. The summed E-state index contributed by atoms with van der Waals surface area (Å²) in [6.45, 7) is 7.63.